The summed E-state index contributed by atoms with van der Waals surface area (Å²) in [5.41, 5.74) is 0. The van der Waals surface area contributed by atoms with Crippen molar-refractivity contribution in [2.45, 2.75) is 31.1 Å². The molecule has 1 saturated carbocycles. The van der Waals surface area contributed by atoms with Crippen LogP contribution >= 0.6 is 11.8 Å². The van der Waals surface area contributed by atoms with Crippen molar-refractivity contribution in [3.63, 3.8) is 0 Å². The van der Waals surface area contributed by atoms with E-state index >= 15 is 0 Å². The Morgan fingerprint density at radius 2 is 2.22 bits per heavy atom. The van der Waals surface area contributed by atoms with Gasteiger partial charge in [-0.05, 0) is 12.8 Å². The molecule has 0 aliphatic heterocycles. The number of aliphatic hydroxyl groups is 1. The minimum absolute atomic E-state index is 0.137. The molecule has 0 heterocycles. The molecule has 2 nitrogen and oxygen atoms in total. The van der Waals surface area contributed by atoms with Gasteiger partial charge in [0, 0.05) is 12.2 Å². The second-order valence-corrected chi connectivity index (χ2v) is 3.83. The maximum Gasteiger partial charge on any atom is 0.186 e. The molecule has 0 atom stereocenters. The molecule has 1 rings (SSSR count). The average molecular weight is 146 g/mol. The molecular formula is C6H10O2S. The van der Waals surface area contributed by atoms with E-state index < -0.39 is 0 Å². The third-order valence-corrected chi connectivity index (χ3v) is 2.45. The number of aliphatic hydroxyl groups excluding tert-OH is 1. The summed E-state index contributed by atoms with van der Waals surface area (Å²) in [6, 6.07) is 0. The van der Waals surface area contributed by atoms with Gasteiger partial charge in [0.15, 0.2) is 5.12 Å². The van der Waals surface area contributed by atoms with Crippen molar-refractivity contribution in [2.24, 2.45) is 0 Å². The van der Waals surface area contributed by atoms with Crippen LogP contribution in [0.25, 0.3) is 0 Å². The number of rotatable bonds is 1. The van der Waals surface area contributed by atoms with Crippen LogP contribution in [0, 0.1) is 0 Å². The van der Waals surface area contributed by atoms with Gasteiger partial charge in [-0.25, -0.2) is 0 Å². The van der Waals surface area contributed by atoms with Crippen molar-refractivity contribution in [1.82, 2.24) is 0 Å². The Balaban J connectivity index is 2.11. The molecule has 0 aromatic rings. The van der Waals surface area contributed by atoms with Crippen LogP contribution in [0.1, 0.15) is 19.8 Å². The lowest BCUT2D eigenvalue weighted by Crippen LogP contribution is -2.31. The summed E-state index contributed by atoms with van der Waals surface area (Å²) in [6.45, 7) is 1.56. The van der Waals surface area contributed by atoms with Crippen LogP contribution in [0.4, 0.5) is 0 Å². The van der Waals surface area contributed by atoms with Crippen molar-refractivity contribution < 1.29 is 9.90 Å². The van der Waals surface area contributed by atoms with E-state index in [2.05, 4.69) is 0 Å². The standard InChI is InChI=1S/C6H10O2S/c1-4(7)9-6-2-5(8)3-6/h5-6,8H,2-3H2,1H3. The monoisotopic (exact) mass is 146 g/mol. The van der Waals surface area contributed by atoms with Gasteiger partial charge in [-0.1, -0.05) is 11.8 Å². The fourth-order valence-corrected chi connectivity index (χ4v) is 1.97. The summed E-state index contributed by atoms with van der Waals surface area (Å²) in [7, 11) is 0. The highest BCUT2D eigenvalue weighted by Gasteiger charge is 2.28. The van der Waals surface area contributed by atoms with E-state index in [0.717, 1.165) is 12.8 Å². The molecule has 0 aromatic carbocycles. The molecule has 1 N–H and O–H groups in total. The minimum atomic E-state index is -0.137. The molecule has 0 unspecified atom stereocenters. The molecule has 1 aliphatic rings. The Morgan fingerprint density at radius 3 is 2.56 bits per heavy atom. The third-order valence-electron chi connectivity index (χ3n) is 1.40. The van der Waals surface area contributed by atoms with Gasteiger partial charge in [-0.15, -0.1) is 0 Å². The molecule has 52 valence electrons. The zero-order chi connectivity index (χ0) is 6.85. The molecule has 1 aliphatic carbocycles. The Labute approximate surface area is 58.6 Å². The van der Waals surface area contributed by atoms with E-state index in [0.29, 0.717) is 5.25 Å². The van der Waals surface area contributed by atoms with Gasteiger partial charge in [-0.3, -0.25) is 4.79 Å². The number of hydrogen-bond donors (Lipinski definition) is 1. The summed E-state index contributed by atoms with van der Waals surface area (Å²) in [5.74, 6) is 0. The quantitative estimate of drug-likeness (QED) is 0.594. The zero-order valence-corrected chi connectivity index (χ0v) is 6.15. The third kappa shape index (κ3) is 1.99. The number of hydrogen-bond acceptors (Lipinski definition) is 3. The molecule has 3 heteroatoms. The first-order valence-corrected chi connectivity index (χ1v) is 3.91. The van der Waals surface area contributed by atoms with Crippen LogP contribution < -0.4 is 0 Å². The molecule has 0 aromatic heterocycles. The molecule has 1 fully saturated rings. The summed E-state index contributed by atoms with van der Waals surface area (Å²) >= 11 is 1.35. The first-order chi connectivity index (χ1) is 4.18. The molecule has 0 spiro atoms. The van der Waals surface area contributed by atoms with Gasteiger partial charge in [0.1, 0.15) is 0 Å². The van der Waals surface area contributed by atoms with E-state index in [-0.39, 0.29) is 11.2 Å². The summed E-state index contributed by atoms with van der Waals surface area (Å²) < 4.78 is 0. The summed E-state index contributed by atoms with van der Waals surface area (Å²) in [4.78, 5) is 10.4. The molecular weight excluding hydrogens is 136 g/mol. The second kappa shape index (κ2) is 2.71. The maximum absolute atomic E-state index is 10.4. The summed E-state index contributed by atoms with van der Waals surface area (Å²) in [5, 5.41) is 9.37. The molecule has 0 saturated heterocycles. The number of carbonyl (C=O) groups is 1. The normalized spacial score (nSPS) is 33.6. The highest BCUT2D eigenvalue weighted by Crippen LogP contribution is 2.31. The van der Waals surface area contributed by atoms with Gasteiger partial charge < -0.3 is 5.11 Å². The average Bonchev–Trinajstić information content (AvgIpc) is 1.60. The first kappa shape index (κ1) is 7.09. The first-order valence-electron chi connectivity index (χ1n) is 3.04. The smallest absolute Gasteiger partial charge is 0.186 e. The lowest BCUT2D eigenvalue weighted by molar-refractivity contribution is -0.109. The van der Waals surface area contributed by atoms with Crippen LogP contribution in [0.2, 0.25) is 0 Å². The second-order valence-electron chi connectivity index (χ2n) is 2.36. The molecule has 0 bridgehead atoms. The molecule has 0 radical (unpaired) electrons. The van der Waals surface area contributed by atoms with E-state index in [1.165, 1.54) is 11.8 Å². The van der Waals surface area contributed by atoms with Crippen LogP contribution in [0.3, 0.4) is 0 Å². The zero-order valence-electron chi connectivity index (χ0n) is 5.33. The van der Waals surface area contributed by atoms with Gasteiger partial charge >= 0.3 is 0 Å². The van der Waals surface area contributed by atoms with E-state index in [9.17, 15) is 4.79 Å². The van der Waals surface area contributed by atoms with Gasteiger partial charge in [-0.2, -0.15) is 0 Å². The van der Waals surface area contributed by atoms with Crippen molar-refractivity contribution in [3.05, 3.63) is 0 Å². The lowest BCUT2D eigenvalue weighted by Gasteiger charge is -2.29. The molecule has 9 heavy (non-hydrogen) atoms. The van der Waals surface area contributed by atoms with Crippen LogP contribution in [0.5, 0.6) is 0 Å². The highest BCUT2D eigenvalue weighted by atomic mass is 32.2. The summed E-state index contributed by atoms with van der Waals surface area (Å²) in [6.07, 6.45) is 1.45. The Hall–Kier alpha value is -0.0200. The van der Waals surface area contributed by atoms with E-state index in [1.807, 2.05) is 0 Å². The van der Waals surface area contributed by atoms with Crippen molar-refractivity contribution in [2.75, 3.05) is 0 Å². The van der Waals surface area contributed by atoms with Gasteiger partial charge in [0.2, 0.25) is 0 Å². The number of thioether (sulfide) groups is 1. The predicted molar refractivity (Wildman–Crippen MR) is 37.3 cm³/mol. The fraction of sp³-hybridized carbons (Fsp3) is 0.833. The highest BCUT2D eigenvalue weighted by molar-refractivity contribution is 8.14. The van der Waals surface area contributed by atoms with Gasteiger partial charge in [0.25, 0.3) is 0 Å². The molecule has 0 amide bonds. The fourth-order valence-electron chi connectivity index (χ4n) is 0.869. The predicted octanol–water partition coefficient (Wildman–Crippen LogP) is 0.789. The van der Waals surface area contributed by atoms with Gasteiger partial charge in [0.05, 0.1) is 6.10 Å². The van der Waals surface area contributed by atoms with Crippen molar-refractivity contribution in [3.8, 4) is 0 Å². The van der Waals surface area contributed by atoms with E-state index in [4.69, 9.17) is 5.11 Å². The largest absolute Gasteiger partial charge is 0.393 e. The van der Waals surface area contributed by atoms with Crippen LogP contribution in [0.15, 0.2) is 0 Å². The Kier molecular flexibility index (Phi) is 2.13. The van der Waals surface area contributed by atoms with E-state index in [1.54, 1.807) is 6.92 Å². The Morgan fingerprint density at radius 1 is 1.67 bits per heavy atom. The minimum Gasteiger partial charge on any atom is -0.393 e. The van der Waals surface area contributed by atoms with Crippen LogP contribution in [-0.2, 0) is 4.79 Å². The SMILES string of the molecule is CC(=O)SC1CC(O)C1. The topological polar surface area (TPSA) is 37.3 Å². The maximum atomic E-state index is 10.4. The number of carbonyl (C=O) groups excluding carboxylic acids is 1. The van der Waals surface area contributed by atoms with Crippen molar-refractivity contribution >= 4 is 16.9 Å². The van der Waals surface area contributed by atoms with Crippen LogP contribution in [-0.4, -0.2) is 21.6 Å². The van der Waals surface area contributed by atoms with Crippen molar-refractivity contribution in [1.29, 1.82) is 0 Å². The Bertz CT molecular complexity index is 118. The lowest BCUT2D eigenvalue weighted by atomic mass is 9.96.